The second-order valence-electron chi connectivity index (χ2n) is 9.24. The molecular weight excluding hydrogens is 428 g/mol. The maximum absolute atomic E-state index is 7.22. The molecule has 0 saturated heterocycles. The van der Waals surface area contributed by atoms with Crippen molar-refractivity contribution >= 4 is 16.8 Å². The lowest BCUT2D eigenvalue weighted by Crippen LogP contribution is -2.34. The topological polar surface area (TPSA) is 18.5 Å². The van der Waals surface area contributed by atoms with Crippen LogP contribution in [0.15, 0.2) is 109 Å². The average Bonchev–Trinajstić information content (AvgIpc) is 3.33. The fraction of sp³-hybridized carbons (Fsp3) is 0.0909. The molecule has 0 bridgehead atoms. The first-order valence-electron chi connectivity index (χ1n) is 12.0. The Morgan fingerprint density at radius 3 is 2.14 bits per heavy atom. The molecule has 0 aromatic heterocycles. The second kappa shape index (κ2) is 7.61. The van der Waals surface area contributed by atoms with Crippen molar-refractivity contribution in [3.63, 3.8) is 0 Å². The van der Waals surface area contributed by atoms with Gasteiger partial charge in [-0.25, -0.2) is 0 Å². The zero-order valence-corrected chi connectivity index (χ0v) is 19.5. The summed E-state index contributed by atoms with van der Waals surface area (Å²) >= 11 is 0. The smallest absolute Gasteiger partial charge is 0.178 e. The van der Waals surface area contributed by atoms with Gasteiger partial charge in [0.25, 0.3) is 0 Å². The third kappa shape index (κ3) is 2.90. The normalized spacial score (nSPS) is 14.7. The summed E-state index contributed by atoms with van der Waals surface area (Å²) in [7, 11) is 1.72. The molecule has 0 unspecified atom stereocenters. The van der Waals surface area contributed by atoms with Crippen LogP contribution in [0.5, 0.6) is 11.5 Å². The van der Waals surface area contributed by atoms with E-state index in [1.807, 2.05) is 0 Å². The van der Waals surface area contributed by atoms with Crippen molar-refractivity contribution in [2.45, 2.75) is 12.0 Å². The molecule has 168 valence electrons. The molecule has 1 heterocycles. The van der Waals surface area contributed by atoms with Crippen molar-refractivity contribution < 1.29 is 9.47 Å². The molecule has 2 aliphatic rings. The van der Waals surface area contributed by atoms with Crippen LogP contribution in [0.3, 0.4) is 0 Å². The van der Waals surface area contributed by atoms with Gasteiger partial charge in [0.05, 0.1) is 7.11 Å². The second-order valence-corrected chi connectivity index (χ2v) is 9.24. The molecule has 1 aliphatic carbocycles. The van der Waals surface area contributed by atoms with E-state index in [-0.39, 0.29) is 0 Å². The lowest BCUT2D eigenvalue weighted by Gasteiger charge is -2.37. The molecule has 0 saturated carbocycles. The number of methoxy groups -OCH3 is 1. The molecule has 0 N–H and O–H groups in total. The van der Waals surface area contributed by atoms with Crippen LogP contribution in [-0.4, -0.2) is 7.11 Å². The summed E-state index contributed by atoms with van der Waals surface area (Å²) in [5.41, 5.74) is 7.82. The Labute approximate surface area is 205 Å². The molecule has 2 nitrogen and oxygen atoms in total. The Balaban J connectivity index is 1.55. The summed E-state index contributed by atoms with van der Waals surface area (Å²) in [6, 6.07) is 36.2. The van der Waals surface area contributed by atoms with Crippen LogP contribution in [0, 0.1) is 0 Å². The van der Waals surface area contributed by atoms with Gasteiger partial charge in [0, 0.05) is 28.7 Å². The zero-order chi connectivity index (χ0) is 23.4. The number of fused-ring (bicyclic) bond motifs is 8. The summed E-state index contributed by atoms with van der Waals surface area (Å²) in [5.74, 6) is 1.81. The van der Waals surface area contributed by atoms with E-state index in [4.69, 9.17) is 9.47 Å². The van der Waals surface area contributed by atoms with Crippen molar-refractivity contribution in [3.8, 4) is 22.6 Å². The van der Waals surface area contributed by atoms with Gasteiger partial charge in [-0.1, -0.05) is 91.0 Å². The molecular formula is C33H24O2. The van der Waals surface area contributed by atoms with Gasteiger partial charge in [0.2, 0.25) is 0 Å². The number of benzene rings is 5. The predicted octanol–water partition coefficient (Wildman–Crippen LogP) is 7.77. The highest BCUT2D eigenvalue weighted by Crippen LogP contribution is 2.53. The monoisotopic (exact) mass is 452 g/mol. The molecule has 0 fully saturated rings. The average molecular weight is 453 g/mol. The predicted molar refractivity (Wildman–Crippen MR) is 142 cm³/mol. The Morgan fingerprint density at radius 1 is 0.743 bits per heavy atom. The van der Waals surface area contributed by atoms with E-state index in [0.29, 0.717) is 0 Å². The fourth-order valence-electron chi connectivity index (χ4n) is 5.76. The minimum atomic E-state index is -0.704. The first-order chi connectivity index (χ1) is 17.3. The third-order valence-electron chi connectivity index (χ3n) is 7.41. The lowest BCUT2D eigenvalue weighted by atomic mass is 9.82. The number of rotatable bonds is 3. The molecule has 2 heteroatoms. The van der Waals surface area contributed by atoms with E-state index in [1.165, 1.54) is 27.6 Å². The van der Waals surface area contributed by atoms with Crippen LogP contribution in [0.25, 0.3) is 28.0 Å². The molecule has 0 amide bonds. The largest absolute Gasteiger partial charge is 0.497 e. The minimum Gasteiger partial charge on any atom is -0.497 e. The van der Waals surface area contributed by atoms with E-state index in [1.54, 1.807) is 7.11 Å². The van der Waals surface area contributed by atoms with E-state index >= 15 is 0 Å². The maximum Gasteiger partial charge on any atom is 0.178 e. The lowest BCUT2D eigenvalue weighted by molar-refractivity contribution is 0.160. The van der Waals surface area contributed by atoms with Crippen molar-refractivity contribution in [1.82, 2.24) is 0 Å². The summed E-state index contributed by atoms with van der Waals surface area (Å²) in [5, 5.41) is 2.39. The van der Waals surface area contributed by atoms with Crippen molar-refractivity contribution in [2.24, 2.45) is 0 Å². The zero-order valence-electron chi connectivity index (χ0n) is 19.5. The van der Waals surface area contributed by atoms with E-state index in [9.17, 15) is 0 Å². The van der Waals surface area contributed by atoms with E-state index in [2.05, 4.69) is 115 Å². The Hall–Kier alpha value is -4.30. The van der Waals surface area contributed by atoms with Crippen LogP contribution in [-0.2, 0) is 12.0 Å². The van der Waals surface area contributed by atoms with E-state index in [0.717, 1.165) is 40.0 Å². The Bertz CT molecular complexity index is 1570. The van der Waals surface area contributed by atoms with Crippen LogP contribution < -0.4 is 9.47 Å². The number of ether oxygens (including phenoxy) is 2. The molecule has 0 spiro atoms. The van der Waals surface area contributed by atoms with Crippen molar-refractivity contribution in [2.75, 3.05) is 7.11 Å². The van der Waals surface area contributed by atoms with Gasteiger partial charge in [0.1, 0.15) is 11.5 Å². The van der Waals surface area contributed by atoms with Crippen LogP contribution >= 0.6 is 0 Å². The first-order valence-corrected chi connectivity index (χ1v) is 12.0. The quantitative estimate of drug-likeness (QED) is 0.273. The van der Waals surface area contributed by atoms with Gasteiger partial charge in [-0.15, -0.1) is 0 Å². The van der Waals surface area contributed by atoms with Gasteiger partial charge >= 0.3 is 0 Å². The van der Waals surface area contributed by atoms with Crippen LogP contribution in [0.1, 0.15) is 27.8 Å². The fourth-order valence-corrected chi connectivity index (χ4v) is 5.76. The molecule has 35 heavy (non-hydrogen) atoms. The Kier molecular flexibility index (Phi) is 4.37. The van der Waals surface area contributed by atoms with Gasteiger partial charge in [-0.3, -0.25) is 0 Å². The highest BCUT2D eigenvalue weighted by molar-refractivity contribution is 6.08. The number of hydrogen-bond donors (Lipinski definition) is 0. The summed E-state index contributed by atoms with van der Waals surface area (Å²) in [6.07, 6.45) is 5.33. The molecule has 5 aromatic carbocycles. The molecule has 0 atom stereocenters. The molecule has 7 rings (SSSR count). The van der Waals surface area contributed by atoms with Gasteiger partial charge in [0.15, 0.2) is 5.60 Å². The molecule has 1 aliphatic heterocycles. The molecule has 5 aromatic rings. The highest BCUT2D eigenvalue weighted by Gasteiger charge is 2.40. The SMILES string of the molecule is COc1ccc2c3c(c4c(c2c1)C=CC(c1ccccc1)(c1ccccc1)O4)Cc1ccccc1-3. The minimum absolute atomic E-state index is 0.704. The first kappa shape index (κ1) is 20.1. The van der Waals surface area contributed by atoms with Crippen molar-refractivity contribution in [3.05, 3.63) is 137 Å². The molecule has 0 radical (unpaired) electrons. The van der Waals surface area contributed by atoms with Gasteiger partial charge in [-0.2, -0.15) is 0 Å². The van der Waals surface area contributed by atoms with Crippen LogP contribution in [0.2, 0.25) is 0 Å². The van der Waals surface area contributed by atoms with Crippen LogP contribution in [0.4, 0.5) is 0 Å². The van der Waals surface area contributed by atoms with E-state index < -0.39 is 5.60 Å². The van der Waals surface area contributed by atoms with Gasteiger partial charge in [-0.05, 0) is 51.7 Å². The maximum atomic E-state index is 7.22. The highest BCUT2D eigenvalue weighted by atomic mass is 16.5. The standard InChI is InChI=1S/C33H24O2/c1-34-25-16-17-27-29(21-25)28-18-19-33(23-11-4-2-5-12-23,24-13-6-3-7-14-24)35-32(28)30-20-22-10-8-9-15-26(22)31(27)30/h2-19,21H,20H2,1H3. The van der Waals surface area contributed by atoms with Crippen molar-refractivity contribution in [1.29, 1.82) is 0 Å². The third-order valence-corrected chi connectivity index (χ3v) is 7.41. The van der Waals surface area contributed by atoms with Gasteiger partial charge < -0.3 is 9.47 Å². The number of hydrogen-bond acceptors (Lipinski definition) is 2. The summed E-state index contributed by atoms with van der Waals surface area (Å²) < 4.78 is 12.8. The Morgan fingerprint density at radius 2 is 1.43 bits per heavy atom. The summed E-state index contributed by atoms with van der Waals surface area (Å²) in [6.45, 7) is 0. The summed E-state index contributed by atoms with van der Waals surface area (Å²) in [4.78, 5) is 0.